The van der Waals surface area contributed by atoms with Crippen molar-refractivity contribution in [2.45, 2.75) is 33.1 Å². The number of benzene rings is 1. The molecule has 0 saturated heterocycles. The summed E-state index contributed by atoms with van der Waals surface area (Å²) in [5, 5.41) is 27.2. The SMILES string of the molecule is [C-]#[N+]c1cnn(-c2nccc3ccccc23)c1/N=N/c1c(C(C)(C)C)nn2c(C)n[nH]c12. The summed E-state index contributed by atoms with van der Waals surface area (Å²) >= 11 is 0. The number of aromatic amines is 1. The van der Waals surface area contributed by atoms with Gasteiger partial charge in [0.05, 0.1) is 18.5 Å². The van der Waals surface area contributed by atoms with Gasteiger partial charge in [-0.1, -0.05) is 45.0 Å². The van der Waals surface area contributed by atoms with E-state index in [-0.39, 0.29) is 11.1 Å². The summed E-state index contributed by atoms with van der Waals surface area (Å²) in [4.78, 5) is 8.08. The van der Waals surface area contributed by atoms with Gasteiger partial charge in [-0.15, -0.1) is 10.2 Å². The van der Waals surface area contributed by atoms with E-state index in [2.05, 4.69) is 61.2 Å². The van der Waals surface area contributed by atoms with Crippen LogP contribution in [0.2, 0.25) is 0 Å². The number of nitrogens with zero attached hydrogens (tertiary/aromatic N) is 9. The average Bonchev–Trinajstić information content (AvgIpc) is 3.46. The number of fused-ring (bicyclic) bond motifs is 2. The van der Waals surface area contributed by atoms with Crippen molar-refractivity contribution in [2.75, 3.05) is 0 Å². The van der Waals surface area contributed by atoms with Crippen molar-refractivity contribution in [1.82, 2.24) is 34.6 Å². The van der Waals surface area contributed by atoms with E-state index in [1.807, 2.05) is 37.3 Å². The molecule has 0 amide bonds. The summed E-state index contributed by atoms with van der Waals surface area (Å²) in [6, 6.07) is 9.80. The number of aromatic nitrogens is 7. The van der Waals surface area contributed by atoms with Crippen molar-refractivity contribution < 1.29 is 0 Å². The number of hydrogen-bond donors (Lipinski definition) is 1. The maximum Gasteiger partial charge on any atom is 0.252 e. The van der Waals surface area contributed by atoms with Gasteiger partial charge in [0.1, 0.15) is 5.82 Å². The third-order valence-corrected chi connectivity index (χ3v) is 5.14. The summed E-state index contributed by atoms with van der Waals surface area (Å²) in [5.74, 6) is 1.61. The van der Waals surface area contributed by atoms with E-state index in [0.29, 0.717) is 23.0 Å². The molecule has 5 aromatic rings. The predicted octanol–water partition coefficient (Wildman–Crippen LogP) is 5.36. The Bertz CT molecular complexity index is 1530. The van der Waals surface area contributed by atoms with Gasteiger partial charge in [-0.25, -0.2) is 14.5 Å². The minimum Gasteiger partial charge on any atom is -0.258 e. The number of hydrogen-bond acceptors (Lipinski definition) is 6. The molecule has 0 fully saturated rings. The molecule has 32 heavy (non-hydrogen) atoms. The van der Waals surface area contributed by atoms with Gasteiger partial charge in [-0.05, 0) is 18.4 Å². The molecule has 1 N–H and O–H groups in total. The molecule has 0 unspecified atom stereocenters. The second kappa shape index (κ2) is 7.09. The zero-order chi connectivity index (χ0) is 22.5. The van der Waals surface area contributed by atoms with Crippen LogP contribution < -0.4 is 0 Å². The Balaban J connectivity index is 1.70. The highest BCUT2D eigenvalue weighted by Gasteiger charge is 2.26. The average molecular weight is 424 g/mol. The van der Waals surface area contributed by atoms with Gasteiger partial charge in [0.2, 0.25) is 0 Å². The lowest BCUT2D eigenvalue weighted by molar-refractivity contribution is 0.561. The van der Waals surface area contributed by atoms with Crippen molar-refractivity contribution in [3.05, 3.63) is 65.7 Å². The Morgan fingerprint density at radius 3 is 2.72 bits per heavy atom. The van der Waals surface area contributed by atoms with Crippen molar-refractivity contribution >= 4 is 33.6 Å². The molecule has 4 aromatic heterocycles. The highest BCUT2D eigenvalue weighted by Crippen LogP contribution is 2.37. The van der Waals surface area contributed by atoms with E-state index in [9.17, 15) is 0 Å². The highest BCUT2D eigenvalue weighted by atomic mass is 15.4. The predicted molar refractivity (Wildman–Crippen MR) is 120 cm³/mol. The third-order valence-electron chi connectivity index (χ3n) is 5.14. The fourth-order valence-corrected chi connectivity index (χ4v) is 3.56. The van der Waals surface area contributed by atoms with Crippen molar-refractivity contribution in [3.8, 4) is 5.82 Å². The summed E-state index contributed by atoms with van der Waals surface area (Å²) < 4.78 is 3.27. The molecule has 0 aliphatic rings. The topological polar surface area (TPSA) is 106 Å². The lowest BCUT2D eigenvalue weighted by atomic mass is 9.91. The Kier molecular flexibility index (Phi) is 4.34. The van der Waals surface area contributed by atoms with Gasteiger partial charge >= 0.3 is 0 Å². The first-order chi connectivity index (χ1) is 15.4. The molecule has 158 valence electrons. The molecule has 0 atom stereocenters. The van der Waals surface area contributed by atoms with Crippen molar-refractivity contribution in [3.63, 3.8) is 0 Å². The van der Waals surface area contributed by atoms with E-state index < -0.39 is 0 Å². The summed E-state index contributed by atoms with van der Waals surface area (Å²) in [7, 11) is 0. The number of nitrogens with one attached hydrogen (secondary N) is 1. The molecule has 0 aliphatic heterocycles. The van der Waals surface area contributed by atoms with Crippen LogP contribution >= 0.6 is 0 Å². The Morgan fingerprint density at radius 1 is 1.12 bits per heavy atom. The number of pyridine rings is 1. The van der Waals surface area contributed by atoms with Gasteiger partial charge in [-0.3, -0.25) is 5.10 Å². The summed E-state index contributed by atoms with van der Waals surface area (Å²) in [6.07, 6.45) is 3.19. The van der Waals surface area contributed by atoms with E-state index >= 15 is 0 Å². The zero-order valence-electron chi connectivity index (χ0n) is 18.1. The van der Waals surface area contributed by atoms with Gasteiger partial charge in [0.15, 0.2) is 23.0 Å². The van der Waals surface area contributed by atoms with Gasteiger partial charge in [0.25, 0.3) is 5.69 Å². The smallest absolute Gasteiger partial charge is 0.252 e. The van der Waals surface area contributed by atoms with Crippen LogP contribution in [0, 0.1) is 13.5 Å². The van der Waals surface area contributed by atoms with Crippen molar-refractivity contribution in [2.24, 2.45) is 10.2 Å². The van der Waals surface area contributed by atoms with E-state index in [0.717, 1.165) is 22.3 Å². The molecule has 0 radical (unpaired) electrons. The fourth-order valence-electron chi connectivity index (χ4n) is 3.56. The normalized spacial score (nSPS) is 12.2. The highest BCUT2D eigenvalue weighted by molar-refractivity contribution is 5.89. The van der Waals surface area contributed by atoms with E-state index in [1.54, 1.807) is 15.4 Å². The van der Waals surface area contributed by atoms with Crippen LogP contribution in [0.15, 0.2) is 53.0 Å². The lowest BCUT2D eigenvalue weighted by Gasteiger charge is -2.15. The molecule has 4 heterocycles. The van der Waals surface area contributed by atoms with Crippen LogP contribution in [0.4, 0.5) is 17.2 Å². The molecule has 1 aromatic carbocycles. The first kappa shape index (κ1) is 19.6. The molecular weight excluding hydrogens is 404 g/mol. The maximum atomic E-state index is 7.57. The minimum atomic E-state index is -0.270. The van der Waals surface area contributed by atoms with Crippen LogP contribution in [0.3, 0.4) is 0 Å². The molecule has 10 nitrogen and oxygen atoms in total. The standard InChI is InChI=1S/C22H20N10/c1-13-26-29-21-17(18(22(2,3)4)30-31(13)21)27-28-20-16(23-5)12-25-32(20)19-15-9-7-6-8-14(15)10-11-24-19/h6-12,29H,1-4H3/b28-27+. The molecular formula is C22H20N10. The van der Waals surface area contributed by atoms with Crippen LogP contribution in [0.5, 0.6) is 0 Å². The van der Waals surface area contributed by atoms with Gasteiger partial charge < -0.3 is 0 Å². The molecule has 0 spiro atoms. The Hall–Kier alpha value is -4.39. The maximum absolute atomic E-state index is 7.57. The third kappa shape index (κ3) is 3.02. The van der Waals surface area contributed by atoms with Crippen LogP contribution in [0.1, 0.15) is 32.3 Å². The van der Waals surface area contributed by atoms with Crippen LogP contribution in [-0.4, -0.2) is 34.6 Å². The van der Waals surface area contributed by atoms with E-state index in [4.69, 9.17) is 6.57 Å². The second-order valence-corrected chi connectivity index (χ2v) is 8.41. The van der Waals surface area contributed by atoms with Gasteiger partial charge in [0, 0.05) is 17.0 Å². The fraction of sp³-hybridized carbons (Fsp3) is 0.227. The summed E-state index contributed by atoms with van der Waals surface area (Å²) in [6.45, 7) is 15.6. The second-order valence-electron chi connectivity index (χ2n) is 8.41. The zero-order valence-corrected chi connectivity index (χ0v) is 18.1. The minimum absolute atomic E-state index is 0.270. The lowest BCUT2D eigenvalue weighted by Crippen LogP contribution is -2.12. The molecule has 0 bridgehead atoms. The van der Waals surface area contributed by atoms with E-state index in [1.165, 1.54) is 6.20 Å². The molecule has 5 rings (SSSR count). The number of azo groups is 1. The quantitative estimate of drug-likeness (QED) is 0.311. The molecule has 0 aliphatic carbocycles. The number of aryl methyl sites for hydroxylation is 1. The Morgan fingerprint density at radius 2 is 1.94 bits per heavy atom. The first-order valence-corrected chi connectivity index (χ1v) is 10.0. The molecule has 0 saturated carbocycles. The van der Waals surface area contributed by atoms with Gasteiger partial charge in [-0.2, -0.15) is 19.8 Å². The van der Waals surface area contributed by atoms with Crippen LogP contribution in [0.25, 0.3) is 27.1 Å². The monoisotopic (exact) mass is 424 g/mol. The van der Waals surface area contributed by atoms with Crippen molar-refractivity contribution in [1.29, 1.82) is 0 Å². The molecule has 10 heteroatoms. The number of rotatable bonds is 3. The van der Waals surface area contributed by atoms with Crippen LogP contribution in [-0.2, 0) is 5.41 Å². The first-order valence-electron chi connectivity index (χ1n) is 10.0. The Labute approximate surface area is 183 Å². The number of H-pyrrole nitrogens is 1. The largest absolute Gasteiger partial charge is 0.258 e. The summed E-state index contributed by atoms with van der Waals surface area (Å²) in [5.41, 5.74) is 2.01.